The molecule has 0 saturated heterocycles. The molecule has 0 atom stereocenters. The highest BCUT2D eigenvalue weighted by atomic mass is 19.1. The number of rotatable bonds is 2. The van der Waals surface area contributed by atoms with Crippen LogP contribution in [0.15, 0.2) is 18.2 Å². The zero-order valence-electron chi connectivity index (χ0n) is 8.11. The van der Waals surface area contributed by atoms with Crippen molar-refractivity contribution >= 4 is 5.69 Å². The van der Waals surface area contributed by atoms with Gasteiger partial charge in [-0.05, 0) is 24.1 Å². The fourth-order valence-electron chi connectivity index (χ4n) is 1.85. The smallest absolute Gasteiger partial charge is 0.115 e. The molecule has 1 aliphatic heterocycles. The van der Waals surface area contributed by atoms with Gasteiger partial charge in [-0.2, -0.15) is 0 Å². The monoisotopic (exact) mass is 197 g/mol. The van der Waals surface area contributed by atoms with E-state index in [0.29, 0.717) is 6.42 Å². The van der Waals surface area contributed by atoms with E-state index in [-0.39, 0.29) is 0 Å². The van der Waals surface area contributed by atoms with Crippen molar-refractivity contribution in [2.75, 3.05) is 18.7 Å². The van der Waals surface area contributed by atoms with E-state index in [9.17, 15) is 8.78 Å². The first kappa shape index (κ1) is 9.44. The first-order chi connectivity index (χ1) is 6.69. The molecule has 1 heterocycles. The van der Waals surface area contributed by atoms with Gasteiger partial charge in [0.15, 0.2) is 0 Å². The van der Waals surface area contributed by atoms with Crippen LogP contribution in [0.1, 0.15) is 11.1 Å². The van der Waals surface area contributed by atoms with Gasteiger partial charge in [-0.25, -0.2) is 8.78 Å². The number of nitrogens with one attached hydrogen (secondary N) is 1. The van der Waals surface area contributed by atoms with Crippen molar-refractivity contribution < 1.29 is 8.78 Å². The van der Waals surface area contributed by atoms with Crippen molar-refractivity contribution in [3.05, 3.63) is 29.3 Å². The lowest BCUT2D eigenvalue weighted by atomic mass is 9.98. The Hall–Kier alpha value is -1.12. The van der Waals surface area contributed by atoms with Crippen LogP contribution in [0, 0.1) is 6.92 Å². The number of halogens is 2. The molecule has 1 N–H and O–H groups in total. The molecule has 1 aliphatic rings. The maximum Gasteiger partial charge on any atom is 0.115 e. The highest BCUT2D eigenvalue weighted by Crippen LogP contribution is 2.33. The van der Waals surface area contributed by atoms with Gasteiger partial charge in [0.2, 0.25) is 0 Å². The van der Waals surface area contributed by atoms with Crippen LogP contribution in [0.5, 0.6) is 0 Å². The molecular weight excluding hydrogens is 184 g/mol. The van der Waals surface area contributed by atoms with Gasteiger partial charge in [0, 0.05) is 12.1 Å². The average Bonchev–Trinajstić information content (AvgIpc) is 2.56. The molecule has 0 aromatic heterocycles. The third-order valence-corrected chi connectivity index (χ3v) is 2.71. The zero-order valence-corrected chi connectivity index (χ0v) is 8.11. The fraction of sp³-hybridized carbons (Fsp3) is 0.455. The minimum Gasteiger partial charge on any atom is -0.374 e. The molecule has 14 heavy (non-hydrogen) atoms. The lowest BCUT2D eigenvalue weighted by Gasteiger charge is -2.22. The molecule has 0 spiro atoms. The topological polar surface area (TPSA) is 12.0 Å². The van der Waals surface area contributed by atoms with Crippen molar-refractivity contribution in [1.29, 1.82) is 0 Å². The fourth-order valence-corrected chi connectivity index (χ4v) is 1.85. The van der Waals surface area contributed by atoms with Crippen LogP contribution in [-0.2, 0) is 6.42 Å². The van der Waals surface area contributed by atoms with E-state index in [1.54, 1.807) is 0 Å². The molecule has 0 fully saturated rings. The van der Waals surface area contributed by atoms with Gasteiger partial charge >= 0.3 is 0 Å². The van der Waals surface area contributed by atoms with E-state index < -0.39 is 18.9 Å². The Morgan fingerprint density at radius 3 is 2.71 bits per heavy atom. The van der Waals surface area contributed by atoms with Crippen LogP contribution in [-0.4, -0.2) is 18.9 Å². The highest BCUT2D eigenvalue weighted by Gasteiger charge is 2.37. The van der Waals surface area contributed by atoms with Crippen molar-refractivity contribution in [3.63, 3.8) is 0 Å². The summed E-state index contributed by atoms with van der Waals surface area (Å²) < 4.78 is 25.4. The van der Waals surface area contributed by atoms with Crippen LogP contribution in [0.2, 0.25) is 0 Å². The van der Waals surface area contributed by atoms with Crippen molar-refractivity contribution in [3.8, 4) is 0 Å². The number of hydrogen-bond donors (Lipinski definition) is 1. The number of benzene rings is 1. The molecule has 3 heteroatoms. The second-order valence-electron chi connectivity index (χ2n) is 4.01. The summed E-state index contributed by atoms with van der Waals surface area (Å²) in [6.45, 7) is 0.626. The van der Waals surface area contributed by atoms with E-state index in [2.05, 4.69) is 5.32 Å². The van der Waals surface area contributed by atoms with Crippen molar-refractivity contribution in [1.82, 2.24) is 0 Å². The lowest BCUT2D eigenvalue weighted by Crippen LogP contribution is -2.41. The van der Waals surface area contributed by atoms with E-state index >= 15 is 0 Å². The predicted molar refractivity (Wildman–Crippen MR) is 53.2 cm³/mol. The van der Waals surface area contributed by atoms with Crippen LogP contribution in [0.4, 0.5) is 14.5 Å². The molecule has 0 unspecified atom stereocenters. The van der Waals surface area contributed by atoms with E-state index in [0.717, 1.165) is 16.8 Å². The second kappa shape index (κ2) is 3.23. The Labute approximate surface area is 82.1 Å². The summed E-state index contributed by atoms with van der Waals surface area (Å²) in [5.41, 5.74) is 1.98. The normalized spacial score (nSPS) is 17.6. The molecular formula is C11H13F2N. The van der Waals surface area contributed by atoms with Crippen LogP contribution >= 0.6 is 0 Å². The van der Waals surface area contributed by atoms with Crippen molar-refractivity contribution in [2.45, 2.75) is 18.9 Å². The van der Waals surface area contributed by atoms with Gasteiger partial charge in [-0.3, -0.25) is 0 Å². The van der Waals surface area contributed by atoms with Gasteiger partial charge in [-0.15, -0.1) is 0 Å². The van der Waals surface area contributed by atoms with Gasteiger partial charge in [0.1, 0.15) is 13.3 Å². The standard InChI is InChI=1S/C11H13F2N/c1-8-2-3-9-5-11(6-12,7-13)14-10(9)4-8/h2-4,14H,5-7H2,1H3. The van der Waals surface area contributed by atoms with E-state index in [4.69, 9.17) is 0 Å². The number of fused-ring (bicyclic) bond motifs is 1. The second-order valence-corrected chi connectivity index (χ2v) is 4.01. The quantitative estimate of drug-likeness (QED) is 0.768. The number of alkyl halides is 2. The van der Waals surface area contributed by atoms with Crippen LogP contribution in [0.3, 0.4) is 0 Å². The third kappa shape index (κ3) is 1.37. The molecule has 76 valence electrons. The summed E-state index contributed by atoms with van der Waals surface area (Å²) in [6.07, 6.45) is 0.440. The molecule has 0 bridgehead atoms. The predicted octanol–water partition coefficient (Wildman–Crippen LogP) is 2.64. The molecule has 1 nitrogen and oxygen atoms in total. The summed E-state index contributed by atoms with van der Waals surface area (Å²) in [5, 5.41) is 2.94. The minimum absolute atomic E-state index is 0.440. The molecule has 1 aromatic rings. The number of anilines is 1. The summed E-state index contributed by atoms with van der Waals surface area (Å²) >= 11 is 0. The van der Waals surface area contributed by atoms with E-state index in [1.807, 2.05) is 25.1 Å². The van der Waals surface area contributed by atoms with Crippen LogP contribution in [0.25, 0.3) is 0 Å². The van der Waals surface area contributed by atoms with Gasteiger partial charge in [0.05, 0.1) is 5.54 Å². The Morgan fingerprint density at radius 1 is 1.36 bits per heavy atom. The number of aryl methyl sites for hydroxylation is 1. The largest absolute Gasteiger partial charge is 0.374 e. The average molecular weight is 197 g/mol. The maximum absolute atomic E-state index is 12.7. The maximum atomic E-state index is 12.7. The molecule has 0 aliphatic carbocycles. The van der Waals surface area contributed by atoms with Crippen LogP contribution < -0.4 is 5.32 Å². The molecule has 0 saturated carbocycles. The van der Waals surface area contributed by atoms with E-state index in [1.165, 1.54) is 0 Å². The first-order valence-corrected chi connectivity index (χ1v) is 4.69. The Balaban J connectivity index is 2.33. The highest BCUT2D eigenvalue weighted by molar-refractivity contribution is 5.60. The minimum atomic E-state index is -1.00. The summed E-state index contributed by atoms with van der Waals surface area (Å²) in [6, 6.07) is 5.83. The van der Waals surface area contributed by atoms with Gasteiger partial charge in [-0.1, -0.05) is 12.1 Å². The SMILES string of the molecule is Cc1ccc2c(c1)NC(CF)(CF)C2. The number of hydrogen-bond acceptors (Lipinski definition) is 1. The molecule has 2 rings (SSSR count). The molecule has 0 amide bonds. The molecule has 0 radical (unpaired) electrons. The summed E-state index contributed by atoms with van der Waals surface area (Å²) in [5.74, 6) is 0. The van der Waals surface area contributed by atoms with Gasteiger partial charge < -0.3 is 5.32 Å². The van der Waals surface area contributed by atoms with Gasteiger partial charge in [0.25, 0.3) is 0 Å². The summed E-state index contributed by atoms with van der Waals surface area (Å²) in [4.78, 5) is 0. The Kier molecular flexibility index (Phi) is 2.17. The third-order valence-electron chi connectivity index (χ3n) is 2.71. The Bertz CT molecular complexity index is 345. The zero-order chi connectivity index (χ0) is 10.2. The summed E-state index contributed by atoms with van der Waals surface area (Å²) in [7, 11) is 0. The molecule has 1 aromatic carbocycles. The first-order valence-electron chi connectivity index (χ1n) is 4.69. The lowest BCUT2D eigenvalue weighted by molar-refractivity contribution is 0.270. The van der Waals surface area contributed by atoms with Crippen molar-refractivity contribution in [2.24, 2.45) is 0 Å². The Morgan fingerprint density at radius 2 is 2.07 bits per heavy atom.